The lowest BCUT2D eigenvalue weighted by molar-refractivity contribution is 0.104. The zero-order chi connectivity index (χ0) is 19.6. The maximum absolute atomic E-state index is 12.5. The Morgan fingerprint density at radius 2 is 1.70 bits per heavy atom. The molecule has 0 aliphatic carbocycles. The first-order valence-electron chi connectivity index (χ1n) is 9.05. The second-order valence-corrected chi connectivity index (χ2v) is 5.82. The van der Waals surface area contributed by atoms with Crippen LogP contribution in [0.5, 0.6) is 17.2 Å². The predicted octanol–water partition coefficient (Wildman–Crippen LogP) is 5.25. The van der Waals surface area contributed by atoms with Crippen LogP contribution in [-0.4, -0.2) is 25.6 Å². The minimum atomic E-state index is -0.0792. The number of carbonyl (C=O) groups excluding carboxylic acids is 1. The van der Waals surface area contributed by atoms with E-state index < -0.39 is 0 Å². The van der Waals surface area contributed by atoms with Crippen LogP contribution >= 0.6 is 0 Å². The fourth-order valence-electron chi connectivity index (χ4n) is 2.54. The normalized spacial score (nSPS) is 10.6. The van der Waals surface area contributed by atoms with E-state index in [1.807, 2.05) is 32.9 Å². The van der Waals surface area contributed by atoms with Crippen molar-refractivity contribution in [3.8, 4) is 17.2 Å². The number of ketones is 1. The van der Waals surface area contributed by atoms with Gasteiger partial charge in [0.15, 0.2) is 5.78 Å². The van der Waals surface area contributed by atoms with Crippen molar-refractivity contribution in [3.63, 3.8) is 0 Å². The van der Waals surface area contributed by atoms with Crippen LogP contribution in [-0.2, 0) is 0 Å². The van der Waals surface area contributed by atoms with E-state index in [0.717, 1.165) is 22.6 Å². The molecule has 4 nitrogen and oxygen atoms in total. The zero-order valence-corrected chi connectivity index (χ0v) is 16.2. The molecule has 0 unspecified atom stereocenters. The van der Waals surface area contributed by atoms with Gasteiger partial charge >= 0.3 is 0 Å². The maximum atomic E-state index is 12.5. The van der Waals surface area contributed by atoms with Gasteiger partial charge in [0.05, 0.1) is 13.2 Å². The number of rotatable bonds is 10. The Hall–Kier alpha value is -3.01. The second kappa shape index (κ2) is 10.2. The van der Waals surface area contributed by atoms with Crippen molar-refractivity contribution in [2.24, 2.45) is 0 Å². The summed E-state index contributed by atoms with van der Waals surface area (Å²) in [6, 6.07) is 10.8. The summed E-state index contributed by atoms with van der Waals surface area (Å²) in [5.74, 6) is 2.11. The summed E-state index contributed by atoms with van der Waals surface area (Å²) in [6.45, 7) is 11.0. The highest BCUT2D eigenvalue weighted by atomic mass is 16.5. The highest BCUT2D eigenvalue weighted by Gasteiger charge is 2.09. The van der Waals surface area contributed by atoms with E-state index >= 15 is 0 Å². The fraction of sp³-hybridized carbons (Fsp3) is 0.261. The van der Waals surface area contributed by atoms with E-state index in [4.69, 9.17) is 14.2 Å². The standard InChI is InChI=1S/C23H26O4/c1-5-14-27-20-11-8-18(9-12-20)22(24)13-10-19-15-21(25-6-2)16-23(17(19)4)26-7-3/h5,8-13,15-16H,1,6-7,14H2,2-4H3. The molecule has 0 amide bonds. The molecule has 4 heteroatoms. The van der Waals surface area contributed by atoms with Crippen LogP contribution in [0.1, 0.15) is 35.3 Å². The molecule has 0 saturated heterocycles. The van der Waals surface area contributed by atoms with Gasteiger partial charge in [-0.1, -0.05) is 18.7 Å². The predicted molar refractivity (Wildman–Crippen MR) is 109 cm³/mol. The molecule has 0 N–H and O–H groups in total. The first-order valence-corrected chi connectivity index (χ1v) is 9.05. The van der Waals surface area contributed by atoms with Crippen LogP contribution in [0, 0.1) is 6.92 Å². The minimum Gasteiger partial charge on any atom is -0.494 e. The molecule has 0 aliphatic heterocycles. The van der Waals surface area contributed by atoms with E-state index in [1.165, 1.54) is 0 Å². The van der Waals surface area contributed by atoms with Crippen LogP contribution < -0.4 is 14.2 Å². The van der Waals surface area contributed by atoms with Crippen molar-refractivity contribution in [3.05, 3.63) is 71.8 Å². The SMILES string of the molecule is C=CCOc1ccc(C(=O)C=Cc2cc(OCC)cc(OCC)c2C)cc1. The van der Waals surface area contributed by atoms with Crippen LogP contribution in [0.25, 0.3) is 6.08 Å². The minimum absolute atomic E-state index is 0.0792. The second-order valence-electron chi connectivity index (χ2n) is 5.82. The monoisotopic (exact) mass is 366 g/mol. The van der Waals surface area contributed by atoms with Crippen LogP contribution in [0.3, 0.4) is 0 Å². The number of ether oxygens (including phenoxy) is 3. The molecule has 0 aliphatic rings. The van der Waals surface area contributed by atoms with E-state index in [2.05, 4.69) is 6.58 Å². The van der Waals surface area contributed by atoms with Gasteiger partial charge in [0, 0.05) is 11.6 Å². The lowest BCUT2D eigenvalue weighted by Gasteiger charge is -2.13. The Morgan fingerprint density at radius 3 is 2.33 bits per heavy atom. The van der Waals surface area contributed by atoms with Gasteiger partial charge in [-0.15, -0.1) is 0 Å². The molecule has 27 heavy (non-hydrogen) atoms. The third-order valence-electron chi connectivity index (χ3n) is 3.91. The van der Waals surface area contributed by atoms with E-state index in [1.54, 1.807) is 42.5 Å². The van der Waals surface area contributed by atoms with Gasteiger partial charge in [-0.2, -0.15) is 0 Å². The number of carbonyl (C=O) groups is 1. The smallest absolute Gasteiger partial charge is 0.185 e. The molecular weight excluding hydrogens is 340 g/mol. The van der Waals surface area contributed by atoms with Gasteiger partial charge in [0.1, 0.15) is 23.9 Å². The average molecular weight is 366 g/mol. The number of benzene rings is 2. The van der Waals surface area contributed by atoms with E-state index in [0.29, 0.717) is 31.1 Å². The van der Waals surface area contributed by atoms with Gasteiger partial charge < -0.3 is 14.2 Å². The van der Waals surface area contributed by atoms with Crippen molar-refractivity contribution in [1.82, 2.24) is 0 Å². The molecule has 142 valence electrons. The van der Waals surface area contributed by atoms with Gasteiger partial charge in [0.25, 0.3) is 0 Å². The van der Waals surface area contributed by atoms with Crippen LogP contribution in [0.4, 0.5) is 0 Å². The van der Waals surface area contributed by atoms with Crippen LogP contribution in [0.2, 0.25) is 0 Å². The number of allylic oxidation sites excluding steroid dienone is 1. The Kier molecular flexibility index (Phi) is 7.68. The van der Waals surface area contributed by atoms with Crippen molar-refractivity contribution >= 4 is 11.9 Å². The molecule has 0 spiro atoms. The maximum Gasteiger partial charge on any atom is 0.185 e. The molecule has 0 heterocycles. The third kappa shape index (κ3) is 5.74. The summed E-state index contributed by atoms with van der Waals surface area (Å²) in [6.07, 6.45) is 5.04. The summed E-state index contributed by atoms with van der Waals surface area (Å²) in [7, 11) is 0. The molecule has 2 aromatic carbocycles. The summed E-state index contributed by atoms with van der Waals surface area (Å²) < 4.78 is 16.7. The zero-order valence-electron chi connectivity index (χ0n) is 16.2. The van der Waals surface area contributed by atoms with E-state index in [-0.39, 0.29) is 5.78 Å². The Balaban J connectivity index is 2.20. The summed E-state index contributed by atoms with van der Waals surface area (Å²) in [5.41, 5.74) is 2.46. The van der Waals surface area contributed by atoms with Gasteiger partial charge in [-0.3, -0.25) is 4.79 Å². The Morgan fingerprint density at radius 1 is 1.00 bits per heavy atom. The first-order chi connectivity index (χ1) is 13.1. The van der Waals surface area contributed by atoms with Crippen molar-refractivity contribution in [1.29, 1.82) is 0 Å². The van der Waals surface area contributed by atoms with Gasteiger partial charge in [0.2, 0.25) is 0 Å². The molecule has 0 radical (unpaired) electrons. The summed E-state index contributed by atoms with van der Waals surface area (Å²) in [4.78, 5) is 12.5. The fourth-order valence-corrected chi connectivity index (χ4v) is 2.54. The summed E-state index contributed by atoms with van der Waals surface area (Å²) in [5, 5.41) is 0. The lowest BCUT2D eigenvalue weighted by Crippen LogP contribution is -1.99. The summed E-state index contributed by atoms with van der Waals surface area (Å²) >= 11 is 0. The molecular formula is C23H26O4. The molecule has 2 rings (SSSR count). The Bertz CT molecular complexity index is 804. The Labute approximate surface area is 161 Å². The molecule has 0 atom stereocenters. The molecule has 0 fully saturated rings. The van der Waals surface area contributed by atoms with Crippen molar-refractivity contribution in [2.45, 2.75) is 20.8 Å². The first kappa shape index (κ1) is 20.3. The third-order valence-corrected chi connectivity index (χ3v) is 3.91. The van der Waals surface area contributed by atoms with Crippen molar-refractivity contribution in [2.75, 3.05) is 19.8 Å². The molecule has 2 aromatic rings. The van der Waals surface area contributed by atoms with E-state index in [9.17, 15) is 4.79 Å². The quantitative estimate of drug-likeness (QED) is 0.327. The molecule has 0 aromatic heterocycles. The topological polar surface area (TPSA) is 44.8 Å². The van der Waals surface area contributed by atoms with Gasteiger partial charge in [-0.25, -0.2) is 0 Å². The number of hydrogen-bond donors (Lipinski definition) is 0. The van der Waals surface area contributed by atoms with Crippen LogP contribution in [0.15, 0.2) is 55.1 Å². The average Bonchev–Trinajstić information content (AvgIpc) is 2.68. The highest BCUT2D eigenvalue weighted by Crippen LogP contribution is 2.29. The molecule has 0 bridgehead atoms. The largest absolute Gasteiger partial charge is 0.494 e. The highest BCUT2D eigenvalue weighted by molar-refractivity contribution is 6.07. The van der Waals surface area contributed by atoms with Gasteiger partial charge in [-0.05, 0) is 68.3 Å². The molecule has 0 saturated carbocycles. The van der Waals surface area contributed by atoms with Crippen molar-refractivity contribution < 1.29 is 19.0 Å². The lowest BCUT2D eigenvalue weighted by atomic mass is 10.0. The number of hydrogen-bond acceptors (Lipinski definition) is 4.